The molecule has 0 spiro atoms. The van der Waals surface area contributed by atoms with Gasteiger partial charge in [-0.3, -0.25) is 9.80 Å². The maximum atomic E-state index is 4.49. The highest BCUT2D eigenvalue weighted by Crippen LogP contribution is 2.58. The molecule has 56 heavy (non-hydrogen) atoms. The topological polar surface area (TPSA) is 18.5 Å². The van der Waals surface area contributed by atoms with Crippen LogP contribution in [-0.2, 0) is 0 Å². The average Bonchev–Trinajstić information content (AvgIpc) is 3.79. The van der Waals surface area contributed by atoms with Crippen LogP contribution in [0.5, 0.6) is 0 Å². The van der Waals surface area contributed by atoms with E-state index in [2.05, 4.69) is 15.1 Å². The molecule has 8 aliphatic carbocycles. The molecule has 0 amide bonds. The first-order valence-corrected chi connectivity index (χ1v) is 27.1. The lowest BCUT2D eigenvalue weighted by molar-refractivity contribution is 0.00525. The van der Waals surface area contributed by atoms with Crippen molar-refractivity contribution in [2.24, 2.45) is 59.2 Å². The molecule has 11 rings (SSSR count). The first kappa shape index (κ1) is 38.8. The molecule has 11 fully saturated rings. The van der Waals surface area contributed by atoms with E-state index in [1.54, 1.807) is 116 Å². The Morgan fingerprint density at radius 3 is 1.38 bits per heavy atom. The molecule has 3 heterocycles. The van der Waals surface area contributed by atoms with Crippen molar-refractivity contribution in [1.82, 2.24) is 15.1 Å². The molecule has 0 aromatic carbocycles. The summed E-state index contributed by atoms with van der Waals surface area (Å²) in [6, 6.07) is 7.25. The van der Waals surface area contributed by atoms with Crippen molar-refractivity contribution in [3.8, 4) is 0 Å². The minimum atomic E-state index is 0.814. The van der Waals surface area contributed by atoms with Crippen molar-refractivity contribution < 1.29 is 0 Å². The highest BCUT2D eigenvalue weighted by atomic mass is 15.3. The van der Waals surface area contributed by atoms with Crippen molar-refractivity contribution in [3.63, 3.8) is 0 Å². The van der Waals surface area contributed by atoms with Gasteiger partial charge >= 0.3 is 0 Å². The number of piperidine rings is 1. The van der Waals surface area contributed by atoms with E-state index in [9.17, 15) is 0 Å². The zero-order chi connectivity index (χ0) is 37.0. The number of nitrogens with zero attached hydrogens (tertiary/aromatic N) is 2. The first-order chi connectivity index (χ1) is 27.8. The van der Waals surface area contributed by atoms with E-state index in [1.807, 2.05) is 0 Å². The third kappa shape index (κ3) is 7.48. The molecule has 1 N–H and O–H groups in total. The number of fused-ring (bicyclic) bond motifs is 6. The molecule has 14 atom stereocenters. The van der Waals surface area contributed by atoms with Crippen LogP contribution in [0.2, 0.25) is 0 Å². The van der Waals surface area contributed by atoms with Crippen LogP contribution in [0, 0.1) is 59.2 Å². The molecular formula is C53H89N3. The summed E-state index contributed by atoms with van der Waals surface area (Å²) in [5.41, 5.74) is 0. The Kier molecular flexibility index (Phi) is 12.0. The maximum absolute atomic E-state index is 4.49. The largest absolute Gasteiger partial charge is 0.311 e. The highest BCUT2D eigenvalue weighted by Gasteiger charge is 2.58. The van der Waals surface area contributed by atoms with Crippen molar-refractivity contribution in [2.45, 2.75) is 273 Å². The number of nitrogens with one attached hydrogen (secondary N) is 1. The van der Waals surface area contributed by atoms with Gasteiger partial charge in [0.2, 0.25) is 0 Å². The van der Waals surface area contributed by atoms with Crippen molar-refractivity contribution in [3.05, 3.63) is 0 Å². The smallest absolute Gasteiger partial charge is 0.0135 e. The molecule has 0 aromatic rings. The van der Waals surface area contributed by atoms with Gasteiger partial charge in [0.25, 0.3) is 0 Å². The zero-order valence-corrected chi connectivity index (χ0v) is 36.5. The molecule has 3 nitrogen and oxygen atoms in total. The van der Waals surface area contributed by atoms with E-state index in [0.29, 0.717) is 0 Å². The monoisotopic (exact) mass is 768 g/mol. The number of hydrogen-bond acceptors (Lipinski definition) is 3. The van der Waals surface area contributed by atoms with E-state index < -0.39 is 0 Å². The quantitative estimate of drug-likeness (QED) is 0.290. The summed E-state index contributed by atoms with van der Waals surface area (Å²) in [6.45, 7) is 0. The highest BCUT2D eigenvalue weighted by molar-refractivity contribution is 5.11. The van der Waals surface area contributed by atoms with Crippen LogP contribution in [0.4, 0.5) is 0 Å². The number of hydrogen-bond donors (Lipinski definition) is 1. The van der Waals surface area contributed by atoms with Gasteiger partial charge in [0.05, 0.1) is 0 Å². The van der Waals surface area contributed by atoms with E-state index in [1.165, 1.54) is 109 Å². The summed E-state index contributed by atoms with van der Waals surface area (Å²) < 4.78 is 0. The molecule has 14 unspecified atom stereocenters. The van der Waals surface area contributed by atoms with Gasteiger partial charge in [-0.1, -0.05) is 109 Å². The second-order valence-electron chi connectivity index (χ2n) is 23.8. The molecule has 3 aliphatic heterocycles. The lowest BCUT2D eigenvalue weighted by atomic mass is 9.62. The van der Waals surface area contributed by atoms with Crippen molar-refractivity contribution in [2.75, 3.05) is 0 Å². The van der Waals surface area contributed by atoms with Gasteiger partial charge in [0.15, 0.2) is 0 Å². The molecule has 0 radical (unpaired) electrons. The van der Waals surface area contributed by atoms with E-state index in [0.717, 1.165) is 108 Å². The normalized spacial score (nSPS) is 49.2. The molecule has 3 heteroatoms. The van der Waals surface area contributed by atoms with Crippen LogP contribution in [0.25, 0.3) is 0 Å². The minimum absolute atomic E-state index is 0.814. The Morgan fingerprint density at radius 2 is 0.714 bits per heavy atom. The average molecular weight is 768 g/mol. The lowest BCUT2D eigenvalue weighted by Crippen LogP contribution is -2.60. The van der Waals surface area contributed by atoms with E-state index >= 15 is 0 Å². The maximum Gasteiger partial charge on any atom is 0.0135 e. The van der Waals surface area contributed by atoms with Crippen LogP contribution in [-0.4, -0.2) is 58.1 Å². The summed E-state index contributed by atoms with van der Waals surface area (Å²) in [7, 11) is 0. The molecule has 11 aliphatic rings. The fourth-order valence-electron chi connectivity index (χ4n) is 19.1. The summed E-state index contributed by atoms with van der Waals surface area (Å²) in [5.74, 6) is 10.4. The zero-order valence-electron chi connectivity index (χ0n) is 36.5. The standard InChI is InChI=1S/C53H89N3/c1-4-15-36(16-5-1)39-21-14-22-42(31-39)55-50-25-12-10-23-44(50)46-29-27-41(33-53(46)55)40-28-30-52-47(32-40)45-24-11-13-26-51(45)56(52)43-34-48(37-17-6-2-7-18-37)54-49(35-43)38-19-8-3-9-20-38/h36-54H,1-35H2. The SMILES string of the molecule is C1CCC(C2CCCC(N3C4CCCCC4C4CCC(C5CCC6C(C5)C5CCCCC5N6C5CC(C6CCCCC6)NC(C6CCCCC6)C5)CC43)C2)CC1. The lowest BCUT2D eigenvalue weighted by Gasteiger charge is -2.51. The second kappa shape index (κ2) is 17.3. The van der Waals surface area contributed by atoms with Crippen LogP contribution in [0.3, 0.4) is 0 Å². The van der Waals surface area contributed by atoms with Crippen LogP contribution in [0.15, 0.2) is 0 Å². The predicted octanol–water partition coefficient (Wildman–Crippen LogP) is 13.1. The predicted molar refractivity (Wildman–Crippen MR) is 234 cm³/mol. The van der Waals surface area contributed by atoms with E-state index in [-0.39, 0.29) is 0 Å². The Morgan fingerprint density at radius 1 is 0.250 bits per heavy atom. The fraction of sp³-hybridized carbons (Fsp3) is 1.00. The Labute approximate surface area is 346 Å². The van der Waals surface area contributed by atoms with Gasteiger partial charge in [-0.15, -0.1) is 0 Å². The summed E-state index contributed by atoms with van der Waals surface area (Å²) in [4.78, 5) is 6.81. The van der Waals surface area contributed by atoms with E-state index in [4.69, 9.17) is 0 Å². The van der Waals surface area contributed by atoms with Gasteiger partial charge in [0, 0.05) is 48.3 Å². The Bertz CT molecular complexity index is 1240. The van der Waals surface area contributed by atoms with Gasteiger partial charge in [-0.2, -0.15) is 0 Å². The number of rotatable bonds is 6. The summed E-state index contributed by atoms with van der Waals surface area (Å²) >= 11 is 0. The third-order valence-electron chi connectivity index (χ3n) is 21.4. The van der Waals surface area contributed by atoms with Crippen molar-refractivity contribution in [1.29, 1.82) is 0 Å². The molecule has 316 valence electrons. The molecule has 0 bridgehead atoms. The fourth-order valence-corrected chi connectivity index (χ4v) is 19.1. The second-order valence-corrected chi connectivity index (χ2v) is 23.8. The summed E-state index contributed by atoms with van der Waals surface area (Å²) in [5, 5.41) is 4.49. The van der Waals surface area contributed by atoms with Gasteiger partial charge in [-0.05, 0) is 175 Å². The van der Waals surface area contributed by atoms with Crippen molar-refractivity contribution >= 4 is 0 Å². The Balaban J connectivity index is 0.807. The molecule has 3 saturated heterocycles. The Hall–Kier alpha value is -0.120. The van der Waals surface area contributed by atoms with Crippen LogP contribution >= 0.6 is 0 Å². The summed E-state index contributed by atoms with van der Waals surface area (Å²) in [6.07, 6.45) is 54.1. The number of likely N-dealkylation sites (tertiary alicyclic amines) is 2. The third-order valence-corrected chi connectivity index (χ3v) is 21.4. The minimum Gasteiger partial charge on any atom is -0.311 e. The molecular weight excluding hydrogens is 679 g/mol. The molecule has 0 aromatic heterocycles. The molecule has 8 saturated carbocycles. The van der Waals surface area contributed by atoms with Gasteiger partial charge in [-0.25, -0.2) is 0 Å². The first-order valence-electron chi connectivity index (χ1n) is 27.1. The van der Waals surface area contributed by atoms with Gasteiger partial charge < -0.3 is 5.32 Å². The van der Waals surface area contributed by atoms with Crippen LogP contribution < -0.4 is 5.32 Å². The van der Waals surface area contributed by atoms with Crippen LogP contribution in [0.1, 0.15) is 225 Å². The van der Waals surface area contributed by atoms with Gasteiger partial charge in [0.1, 0.15) is 0 Å².